The minimum absolute atomic E-state index is 0.0324. The van der Waals surface area contributed by atoms with E-state index >= 15 is 19.2 Å². The third kappa shape index (κ3) is 8.86. The van der Waals surface area contributed by atoms with Gasteiger partial charge in [0.25, 0.3) is 0 Å². The topological polar surface area (TPSA) is 161 Å². The molecule has 7 atom stereocenters. The van der Waals surface area contributed by atoms with Crippen molar-refractivity contribution in [2.24, 2.45) is 5.92 Å². The van der Waals surface area contributed by atoms with E-state index in [-0.39, 0.29) is 11.4 Å². The van der Waals surface area contributed by atoms with Crippen LogP contribution in [0, 0.1) is 17.8 Å². The van der Waals surface area contributed by atoms with Crippen molar-refractivity contribution < 1.29 is 38.9 Å². The number of carbonyl (C=O) groups is 4. The highest BCUT2D eigenvalue weighted by molar-refractivity contribution is 6.25. The number of esters is 1. The van der Waals surface area contributed by atoms with Gasteiger partial charge in [-0.1, -0.05) is 128 Å². The summed E-state index contributed by atoms with van der Waals surface area (Å²) in [4.78, 5) is 69.0. The van der Waals surface area contributed by atoms with Gasteiger partial charge in [-0.2, -0.15) is 0 Å². The van der Waals surface area contributed by atoms with Gasteiger partial charge in [0.1, 0.15) is 28.9 Å². The lowest BCUT2D eigenvalue weighted by atomic mass is 9.65. The normalized spacial score (nSPS) is 24.6. The molecule has 376 valence electrons. The molecule has 6 aromatic rings. The zero-order valence-electron chi connectivity index (χ0n) is 41.2. The maximum absolute atomic E-state index is 16.8. The second-order valence-electron chi connectivity index (χ2n) is 20.1. The number of phenols is 1. The van der Waals surface area contributed by atoms with E-state index in [2.05, 4.69) is 27.4 Å². The minimum Gasteiger partial charge on any atom is -0.508 e. The number of benzene rings is 6. The number of amides is 4. The van der Waals surface area contributed by atoms with E-state index in [1.54, 1.807) is 42.5 Å². The number of aromatic hydroxyl groups is 1. The Bertz CT molecular complexity index is 3090. The van der Waals surface area contributed by atoms with Crippen LogP contribution in [0.4, 0.5) is 21.9 Å². The summed E-state index contributed by atoms with van der Waals surface area (Å²) in [6.45, 7) is 4.45. The van der Waals surface area contributed by atoms with E-state index in [0.29, 0.717) is 67.1 Å². The Morgan fingerprint density at radius 1 is 0.730 bits per heavy atom. The number of ether oxygens (including phenoxy) is 2. The standard InChI is InChI=1S/C61H59N5O8/c1-40(42-15-7-4-8-16-42)62-59(71)65-50-30-21-41(31-34-60(72)32-13-2-3-14-33-60)39-49(50)61(58(65)70)51(56(68)63-46-24-26-47(27-25-46)64-35-37-73-38-36-64)53-57(69)74-54(44-19-11-6-12-20-44)52(43-17-9-5-10-18-43)66(53)55(61)45-22-28-48(67)29-23-45/h4-12,15-30,39-40,51-55,67,72H,2-3,13-14,32-33,35-38H2,1H3,(H,62,71)(H,63,68). The van der Waals surface area contributed by atoms with Gasteiger partial charge in [0.15, 0.2) is 0 Å². The number of hydrogen-bond acceptors (Lipinski definition) is 10. The van der Waals surface area contributed by atoms with Crippen molar-refractivity contribution in [3.63, 3.8) is 0 Å². The number of nitrogens with zero attached hydrogens (tertiary/aromatic N) is 3. The number of nitrogens with one attached hydrogen (secondary N) is 2. The first-order valence-electron chi connectivity index (χ1n) is 25.7. The highest BCUT2D eigenvalue weighted by Gasteiger charge is 2.75. The molecule has 4 fully saturated rings. The highest BCUT2D eigenvalue weighted by Crippen LogP contribution is 2.66. The van der Waals surface area contributed by atoms with Gasteiger partial charge >= 0.3 is 12.0 Å². The molecule has 1 aliphatic carbocycles. The molecule has 0 radical (unpaired) electrons. The first kappa shape index (κ1) is 48.5. The third-order valence-electron chi connectivity index (χ3n) is 15.7. The molecule has 1 saturated carbocycles. The quantitative estimate of drug-likeness (QED) is 0.0657. The zero-order chi connectivity index (χ0) is 51.0. The lowest BCUT2D eigenvalue weighted by Gasteiger charge is -2.46. The number of aliphatic hydroxyl groups is 1. The molecule has 4 heterocycles. The van der Waals surface area contributed by atoms with Gasteiger partial charge in [0.05, 0.1) is 42.9 Å². The van der Waals surface area contributed by atoms with Crippen LogP contribution in [0.1, 0.15) is 103 Å². The van der Waals surface area contributed by atoms with Crippen molar-refractivity contribution >= 4 is 40.9 Å². The summed E-state index contributed by atoms with van der Waals surface area (Å²) in [5.41, 5.74) is 1.82. The SMILES string of the molecule is CC(NC(=O)N1C(=O)C2(c3cc(C#CC4(O)CCCCCC4)ccc31)C(C(=O)Nc1ccc(N3CCOCC3)cc1)C1C(=O)OC(c3ccccc3)C(c3ccccc3)N1C2c1ccc(O)cc1)c1ccccc1. The molecule has 4 amide bonds. The Hall–Kier alpha value is -7.76. The number of hydrogen-bond donors (Lipinski definition) is 4. The van der Waals surface area contributed by atoms with Crippen molar-refractivity contribution in [3.8, 4) is 17.6 Å². The van der Waals surface area contributed by atoms with Gasteiger partial charge in [0.2, 0.25) is 11.8 Å². The van der Waals surface area contributed by atoms with Crippen LogP contribution in [0.5, 0.6) is 5.75 Å². The molecule has 74 heavy (non-hydrogen) atoms. The number of urea groups is 1. The van der Waals surface area contributed by atoms with E-state index in [1.807, 2.05) is 115 Å². The molecule has 0 bridgehead atoms. The molecule has 6 aromatic carbocycles. The summed E-state index contributed by atoms with van der Waals surface area (Å²) in [5.74, 6) is 2.76. The van der Waals surface area contributed by atoms with Gasteiger partial charge < -0.3 is 35.2 Å². The number of imide groups is 1. The van der Waals surface area contributed by atoms with Crippen LogP contribution in [0.2, 0.25) is 0 Å². The summed E-state index contributed by atoms with van der Waals surface area (Å²) in [7, 11) is 0. The number of anilines is 3. The van der Waals surface area contributed by atoms with Crippen LogP contribution in [0.15, 0.2) is 158 Å². The summed E-state index contributed by atoms with van der Waals surface area (Å²) < 4.78 is 12.2. The average Bonchev–Trinajstić information content (AvgIpc) is 3.84. The Kier molecular flexibility index (Phi) is 13.3. The number of phenolic OH excluding ortho intramolecular Hbond substituents is 1. The van der Waals surface area contributed by atoms with Crippen LogP contribution in [-0.4, -0.2) is 76.9 Å². The predicted molar refractivity (Wildman–Crippen MR) is 281 cm³/mol. The number of cyclic esters (lactones) is 1. The molecular weight excluding hydrogens is 931 g/mol. The molecule has 3 saturated heterocycles. The maximum atomic E-state index is 16.8. The minimum atomic E-state index is -2.06. The fourth-order valence-electron chi connectivity index (χ4n) is 12.1. The molecule has 13 nitrogen and oxygen atoms in total. The zero-order valence-corrected chi connectivity index (χ0v) is 41.2. The largest absolute Gasteiger partial charge is 0.508 e. The Labute approximate surface area is 431 Å². The van der Waals surface area contributed by atoms with E-state index in [0.717, 1.165) is 47.4 Å². The summed E-state index contributed by atoms with van der Waals surface area (Å²) in [6, 6.07) is 42.8. The van der Waals surface area contributed by atoms with Gasteiger partial charge in [-0.3, -0.25) is 19.3 Å². The van der Waals surface area contributed by atoms with Gasteiger partial charge in [0, 0.05) is 30.0 Å². The Morgan fingerprint density at radius 3 is 2.03 bits per heavy atom. The fraction of sp³-hybridized carbons (Fsp3) is 0.311. The maximum Gasteiger partial charge on any atom is 0.329 e. The molecule has 4 N–H and O–H groups in total. The van der Waals surface area contributed by atoms with Crippen LogP contribution >= 0.6 is 0 Å². The molecular formula is C61H59N5O8. The molecule has 4 aliphatic heterocycles. The first-order chi connectivity index (χ1) is 36.0. The van der Waals surface area contributed by atoms with Crippen molar-refractivity contribution in [2.75, 3.05) is 41.4 Å². The predicted octanol–water partition coefficient (Wildman–Crippen LogP) is 9.44. The molecule has 5 aliphatic rings. The smallest absolute Gasteiger partial charge is 0.329 e. The second kappa shape index (κ2) is 20.3. The average molecular weight is 990 g/mol. The van der Waals surface area contributed by atoms with Gasteiger partial charge in [-0.05, 0) is 115 Å². The highest BCUT2D eigenvalue weighted by atomic mass is 16.6. The van der Waals surface area contributed by atoms with Crippen molar-refractivity contribution in [3.05, 3.63) is 191 Å². The third-order valence-corrected chi connectivity index (χ3v) is 15.7. The summed E-state index contributed by atoms with van der Waals surface area (Å²) in [5, 5.41) is 28.9. The fourth-order valence-corrected chi connectivity index (χ4v) is 12.1. The summed E-state index contributed by atoms with van der Waals surface area (Å²) in [6.07, 6.45) is 3.78. The molecule has 13 heteroatoms. The second-order valence-corrected chi connectivity index (χ2v) is 20.1. The van der Waals surface area contributed by atoms with Crippen LogP contribution in [0.3, 0.4) is 0 Å². The van der Waals surface area contributed by atoms with Crippen molar-refractivity contribution in [2.45, 2.75) is 86.7 Å². The first-order valence-corrected chi connectivity index (χ1v) is 25.7. The van der Waals surface area contributed by atoms with E-state index < -0.39 is 71.0 Å². The molecule has 7 unspecified atom stereocenters. The van der Waals surface area contributed by atoms with E-state index in [4.69, 9.17) is 9.47 Å². The lowest BCUT2D eigenvalue weighted by molar-refractivity contribution is -0.177. The van der Waals surface area contributed by atoms with Crippen LogP contribution in [0.25, 0.3) is 0 Å². The van der Waals surface area contributed by atoms with Crippen LogP contribution < -0.4 is 20.4 Å². The lowest BCUT2D eigenvalue weighted by Crippen LogP contribution is -2.55. The molecule has 0 aromatic heterocycles. The van der Waals surface area contributed by atoms with Crippen LogP contribution in [-0.2, 0) is 29.3 Å². The van der Waals surface area contributed by atoms with E-state index in [1.165, 1.54) is 12.1 Å². The Balaban J connectivity index is 1.15. The Morgan fingerprint density at radius 2 is 1.36 bits per heavy atom. The number of rotatable bonds is 8. The number of fused-ring (bicyclic) bond motifs is 3. The molecule has 11 rings (SSSR count). The van der Waals surface area contributed by atoms with Crippen molar-refractivity contribution in [1.29, 1.82) is 0 Å². The van der Waals surface area contributed by atoms with Gasteiger partial charge in [-0.15, -0.1) is 0 Å². The van der Waals surface area contributed by atoms with Gasteiger partial charge in [-0.25, -0.2) is 9.69 Å². The number of morpholine rings is 2. The van der Waals surface area contributed by atoms with E-state index in [9.17, 15) is 10.2 Å². The van der Waals surface area contributed by atoms with Crippen molar-refractivity contribution in [1.82, 2.24) is 10.2 Å². The monoisotopic (exact) mass is 989 g/mol. The molecule has 1 spiro atoms. The summed E-state index contributed by atoms with van der Waals surface area (Å²) >= 11 is 0. The number of carbonyl (C=O) groups excluding carboxylic acids is 4.